The summed E-state index contributed by atoms with van der Waals surface area (Å²) in [5, 5.41) is 1.93. The lowest BCUT2D eigenvalue weighted by Gasteiger charge is -2.02. The van der Waals surface area contributed by atoms with Gasteiger partial charge in [-0.3, -0.25) is 0 Å². The van der Waals surface area contributed by atoms with Crippen molar-refractivity contribution in [1.29, 1.82) is 0 Å². The molecule has 0 saturated heterocycles. The number of hydrogen-bond donors (Lipinski definition) is 1. The summed E-state index contributed by atoms with van der Waals surface area (Å²) in [5.74, 6) is 0.439. The van der Waals surface area contributed by atoms with Gasteiger partial charge in [0.25, 0.3) is 0 Å². The minimum absolute atomic E-state index is 0.216. The second-order valence-corrected chi connectivity index (χ2v) is 7.02. The quantitative estimate of drug-likeness (QED) is 0.382. The van der Waals surface area contributed by atoms with E-state index in [-0.39, 0.29) is 5.82 Å². The zero-order valence-electron chi connectivity index (χ0n) is 11.9. The molecular weight excluding hydrogens is 377 g/mol. The highest BCUT2D eigenvalue weighted by atomic mass is 79.9. The molecule has 2 aromatic heterocycles. The molecule has 0 bridgehead atoms. The molecule has 0 aliphatic heterocycles. The Kier molecular flexibility index (Phi) is 3.79. The molecule has 4 aromatic rings. The van der Waals surface area contributed by atoms with E-state index in [1.54, 1.807) is 30.2 Å². The van der Waals surface area contributed by atoms with Crippen LogP contribution in [0.5, 0.6) is 0 Å². The zero-order chi connectivity index (χ0) is 15.8. The molecule has 0 unspecified atom stereocenters. The van der Waals surface area contributed by atoms with Gasteiger partial charge < -0.3 is 4.98 Å². The van der Waals surface area contributed by atoms with E-state index in [0.717, 1.165) is 37.0 Å². The lowest BCUT2D eigenvalue weighted by Crippen LogP contribution is -1.87. The first kappa shape index (κ1) is 14.7. The summed E-state index contributed by atoms with van der Waals surface area (Å²) in [4.78, 5) is 12.2. The highest BCUT2D eigenvalue weighted by Gasteiger charge is 2.11. The van der Waals surface area contributed by atoms with Crippen molar-refractivity contribution < 1.29 is 4.39 Å². The maximum Gasteiger partial charge on any atom is 0.124 e. The van der Waals surface area contributed by atoms with Gasteiger partial charge in [-0.2, -0.15) is 0 Å². The lowest BCUT2D eigenvalue weighted by atomic mass is 10.2. The standard InChI is InChI=1S/C17H11BrFN3S/c18-11-4-5-14-13(7-11)15-16(22-14)17(21-9-20-15)23-8-10-2-1-3-12(19)6-10/h1-7,9,22H,8H2. The molecule has 0 amide bonds. The normalized spacial score (nSPS) is 11.4. The molecule has 23 heavy (non-hydrogen) atoms. The Balaban J connectivity index is 1.74. The van der Waals surface area contributed by atoms with Crippen LogP contribution in [0.2, 0.25) is 0 Å². The molecule has 4 rings (SSSR count). The molecule has 114 valence electrons. The van der Waals surface area contributed by atoms with Gasteiger partial charge in [0.1, 0.15) is 22.7 Å². The van der Waals surface area contributed by atoms with Crippen molar-refractivity contribution in [2.24, 2.45) is 0 Å². The number of thioether (sulfide) groups is 1. The Labute approximate surface area is 144 Å². The first-order valence-electron chi connectivity index (χ1n) is 7.00. The van der Waals surface area contributed by atoms with Gasteiger partial charge in [0.2, 0.25) is 0 Å². The first-order chi connectivity index (χ1) is 11.2. The predicted molar refractivity (Wildman–Crippen MR) is 95.1 cm³/mol. The Bertz CT molecular complexity index is 1020. The van der Waals surface area contributed by atoms with E-state index < -0.39 is 0 Å². The number of nitrogens with one attached hydrogen (secondary N) is 1. The van der Waals surface area contributed by atoms with Crippen molar-refractivity contribution in [1.82, 2.24) is 15.0 Å². The van der Waals surface area contributed by atoms with E-state index >= 15 is 0 Å². The van der Waals surface area contributed by atoms with E-state index in [0.29, 0.717) is 5.75 Å². The van der Waals surface area contributed by atoms with Gasteiger partial charge in [-0.05, 0) is 35.9 Å². The molecule has 0 fully saturated rings. The van der Waals surface area contributed by atoms with Gasteiger partial charge in [0.05, 0.1) is 5.52 Å². The highest BCUT2D eigenvalue weighted by Crippen LogP contribution is 2.32. The molecule has 2 aromatic carbocycles. The Morgan fingerprint density at radius 3 is 2.91 bits per heavy atom. The van der Waals surface area contributed by atoms with Crippen LogP contribution in [0.25, 0.3) is 21.9 Å². The SMILES string of the molecule is Fc1cccc(CSc2ncnc3c2[nH]c2ccc(Br)cc23)c1. The van der Waals surface area contributed by atoms with E-state index in [1.807, 2.05) is 24.3 Å². The van der Waals surface area contributed by atoms with Crippen LogP contribution in [0.4, 0.5) is 4.39 Å². The van der Waals surface area contributed by atoms with Crippen LogP contribution in [0.15, 0.2) is 58.3 Å². The average molecular weight is 388 g/mol. The van der Waals surface area contributed by atoms with Crippen LogP contribution in [0.1, 0.15) is 5.56 Å². The number of rotatable bonds is 3. The molecular formula is C17H11BrFN3S. The highest BCUT2D eigenvalue weighted by molar-refractivity contribution is 9.10. The fourth-order valence-corrected chi connectivity index (χ4v) is 3.79. The van der Waals surface area contributed by atoms with Crippen LogP contribution in [-0.4, -0.2) is 15.0 Å². The Morgan fingerprint density at radius 1 is 1.13 bits per heavy atom. The number of hydrogen-bond acceptors (Lipinski definition) is 3. The predicted octanol–water partition coefficient (Wildman–Crippen LogP) is 5.31. The number of benzene rings is 2. The van der Waals surface area contributed by atoms with Crippen molar-refractivity contribution in [3.63, 3.8) is 0 Å². The lowest BCUT2D eigenvalue weighted by molar-refractivity contribution is 0.626. The summed E-state index contributed by atoms with van der Waals surface area (Å²) < 4.78 is 14.3. The molecule has 0 radical (unpaired) electrons. The molecule has 6 heteroatoms. The number of nitrogens with zero attached hydrogens (tertiary/aromatic N) is 2. The van der Waals surface area contributed by atoms with Crippen LogP contribution in [0.3, 0.4) is 0 Å². The minimum Gasteiger partial charge on any atom is -0.351 e. The third-order valence-corrected chi connectivity index (χ3v) is 5.13. The summed E-state index contributed by atoms with van der Waals surface area (Å²) in [6.07, 6.45) is 1.57. The zero-order valence-corrected chi connectivity index (χ0v) is 14.3. The molecule has 0 atom stereocenters. The average Bonchev–Trinajstić information content (AvgIpc) is 2.91. The van der Waals surface area contributed by atoms with Crippen LogP contribution < -0.4 is 0 Å². The van der Waals surface area contributed by atoms with Gasteiger partial charge in [0.15, 0.2) is 0 Å². The minimum atomic E-state index is -0.216. The van der Waals surface area contributed by atoms with E-state index in [4.69, 9.17) is 0 Å². The molecule has 0 aliphatic rings. The number of fused-ring (bicyclic) bond motifs is 3. The van der Waals surface area contributed by atoms with Crippen molar-refractivity contribution in [2.45, 2.75) is 10.8 Å². The second kappa shape index (κ2) is 5.94. The van der Waals surface area contributed by atoms with E-state index in [2.05, 4.69) is 30.9 Å². The largest absolute Gasteiger partial charge is 0.351 e. The third-order valence-electron chi connectivity index (χ3n) is 3.57. The van der Waals surface area contributed by atoms with Crippen LogP contribution >= 0.6 is 27.7 Å². The molecule has 0 spiro atoms. The molecule has 1 N–H and O–H groups in total. The molecule has 3 nitrogen and oxygen atoms in total. The van der Waals surface area contributed by atoms with Gasteiger partial charge in [0, 0.05) is 21.1 Å². The van der Waals surface area contributed by atoms with Crippen molar-refractivity contribution in [3.8, 4) is 0 Å². The summed E-state index contributed by atoms with van der Waals surface area (Å²) >= 11 is 5.06. The van der Waals surface area contributed by atoms with Gasteiger partial charge in [-0.15, -0.1) is 0 Å². The number of halogens is 2. The fourth-order valence-electron chi connectivity index (χ4n) is 2.53. The van der Waals surface area contributed by atoms with E-state index in [9.17, 15) is 4.39 Å². The van der Waals surface area contributed by atoms with Crippen LogP contribution in [0, 0.1) is 5.82 Å². The smallest absolute Gasteiger partial charge is 0.124 e. The topological polar surface area (TPSA) is 41.6 Å². The Morgan fingerprint density at radius 2 is 2.04 bits per heavy atom. The second-order valence-electron chi connectivity index (χ2n) is 5.14. The summed E-state index contributed by atoms with van der Waals surface area (Å²) in [6.45, 7) is 0. The van der Waals surface area contributed by atoms with Crippen molar-refractivity contribution in [2.75, 3.05) is 0 Å². The monoisotopic (exact) mass is 387 g/mol. The summed E-state index contributed by atoms with van der Waals surface area (Å²) in [7, 11) is 0. The molecule has 0 saturated carbocycles. The molecule has 0 aliphatic carbocycles. The third kappa shape index (κ3) is 2.84. The maximum atomic E-state index is 13.3. The van der Waals surface area contributed by atoms with Crippen LogP contribution in [-0.2, 0) is 5.75 Å². The first-order valence-corrected chi connectivity index (χ1v) is 8.78. The number of H-pyrrole nitrogens is 1. The van der Waals surface area contributed by atoms with Gasteiger partial charge in [-0.1, -0.05) is 39.8 Å². The molecule has 2 heterocycles. The van der Waals surface area contributed by atoms with Gasteiger partial charge >= 0.3 is 0 Å². The fraction of sp³-hybridized carbons (Fsp3) is 0.0588. The summed E-state index contributed by atoms with van der Waals surface area (Å²) in [5.41, 5.74) is 3.77. The van der Waals surface area contributed by atoms with Gasteiger partial charge in [-0.25, -0.2) is 14.4 Å². The summed E-state index contributed by atoms with van der Waals surface area (Å²) in [6, 6.07) is 12.7. The van der Waals surface area contributed by atoms with Crippen molar-refractivity contribution in [3.05, 3.63) is 64.6 Å². The maximum absolute atomic E-state index is 13.3. The number of aromatic amines is 1. The Hall–Kier alpha value is -1.92. The van der Waals surface area contributed by atoms with E-state index in [1.165, 1.54) is 6.07 Å². The van der Waals surface area contributed by atoms with Crippen molar-refractivity contribution >= 4 is 49.6 Å². The number of aromatic nitrogens is 3.